The molecule has 0 aliphatic heterocycles. The molecule has 5 heteroatoms. The van der Waals surface area contributed by atoms with Gasteiger partial charge in [-0.15, -0.1) is 0 Å². The Morgan fingerprint density at radius 2 is 1.16 bits per heavy atom. The van der Waals surface area contributed by atoms with Crippen LogP contribution in [0.2, 0.25) is 0 Å². The molecule has 2 rings (SSSR count). The number of benzene rings is 2. The van der Waals surface area contributed by atoms with E-state index in [1.54, 1.807) is 48.5 Å². The molecule has 0 saturated carbocycles. The van der Waals surface area contributed by atoms with Crippen molar-refractivity contribution in [1.82, 2.24) is 0 Å². The zero-order valence-corrected chi connectivity index (χ0v) is 13.6. The van der Waals surface area contributed by atoms with E-state index in [-0.39, 0.29) is 56.9 Å². The van der Waals surface area contributed by atoms with Crippen molar-refractivity contribution in [2.75, 3.05) is 0 Å². The molecular formula is C14H11KO4. The summed E-state index contributed by atoms with van der Waals surface area (Å²) in [5, 5.41) is 18.5. The molecular weight excluding hydrogens is 271 g/mol. The smallest absolute Gasteiger partial charge is 0.545 e. The molecule has 2 aromatic rings. The molecule has 0 atom stereocenters. The monoisotopic (exact) mass is 282 g/mol. The minimum Gasteiger partial charge on any atom is -0.545 e. The Kier molecular flexibility index (Phi) is 9.37. The van der Waals surface area contributed by atoms with Crippen LogP contribution in [-0.4, -0.2) is 17.0 Å². The van der Waals surface area contributed by atoms with Gasteiger partial charge in [0, 0.05) is 0 Å². The zero-order valence-electron chi connectivity index (χ0n) is 10.4. The van der Waals surface area contributed by atoms with Gasteiger partial charge < -0.3 is 15.0 Å². The molecule has 1 N–H and O–H groups in total. The third-order valence-electron chi connectivity index (χ3n) is 2.03. The summed E-state index contributed by atoms with van der Waals surface area (Å²) in [6, 6.07) is 16.4. The topological polar surface area (TPSA) is 77.4 Å². The van der Waals surface area contributed by atoms with Crippen LogP contribution in [0.15, 0.2) is 60.7 Å². The van der Waals surface area contributed by atoms with Crippen molar-refractivity contribution in [2.45, 2.75) is 0 Å². The Morgan fingerprint density at radius 1 is 0.789 bits per heavy atom. The van der Waals surface area contributed by atoms with Crippen molar-refractivity contribution in [3.8, 4) is 0 Å². The predicted molar refractivity (Wildman–Crippen MR) is 64.2 cm³/mol. The molecule has 2 aromatic carbocycles. The largest absolute Gasteiger partial charge is 1.00 e. The average molecular weight is 282 g/mol. The molecule has 0 aliphatic carbocycles. The fraction of sp³-hybridized carbons (Fsp3) is 0. The normalized spacial score (nSPS) is 8.42. The third-order valence-corrected chi connectivity index (χ3v) is 2.03. The quantitative estimate of drug-likeness (QED) is 0.676. The second-order valence-electron chi connectivity index (χ2n) is 3.32. The SMILES string of the molecule is O=C(O)c1ccccc1.O=C([O-])c1ccccc1.[K+]. The first kappa shape index (κ1) is 18.0. The van der Waals surface area contributed by atoms with Crippen molar-refractivity contribution in [2.24, 2.45) is 0 Å². The minimum atomic E-state index is -1.13. The Balaban J connectivity index is 0.000000324. The standard InChI is InChI=1S/2C7H6O2.K/c2*8-7(9)6-4-2-1-3-5-6;/h2*1-5H,(H,8,9);/q;;+1/p-1. The molecule has 0 saturated heterocycles. The van der Waals surface area contributed by atoms with Gasteiger partial charge in [-0.3, -0.25) is 0 Å². The van der Waals surface area contributed by atoms with Gasteiger partial charge in [-0.2, -0.15) is 0 Å². The summed E-state index contributed by atoms with van der Waals surface area (Å²) in [5.41, 5.74) is 0.551. The second-order valence-corrected chi connectivity index (χ2v) is 3.32. The second kappa shape index (κ2) is 9.88. The average Bonchev–Trinajstić information content (AvgIpc) is 2.41. The van der Waals surface area contributed by atoms with Crippen LogP contribution in [0.25, 0.3) is 0 Å². The Morgan fingerprint density at radius 3 is 1.37 bits per heavy atom. The first-order valence-corrected chi connectivity index (χ1v) is 5.16. The van der Waals surface area contributed by atoms with Crippen LogP contribution >= 0.6 is 0 Å². The van der Waals surface area contributed by atoms with Gasteiger partial charge in [-0.05, 0) is 17.7 Å². The minimum absolute atomic E-state index is 0. The van der Waals surface area contributed by atoms with E-state index in [1.807, 2.05) is 0 Å². The number of hydrogen-bond acceptors (Lipinski definition) is 3. The van der Waals surface area contributed by atoms with Gasteiger partial charge in [-0.25, -0.2) is 4.79 Å². The summed E-state index contributed by atoms with van der Waals surface area (Å²) < 4.78 is 0. The van der Waals surface area contributed by atoms with Gasteiger partial charge in [-0.1, -0.05) is 48.5 Å². The molecule has 0 amide bonds. The first-order chi connectivity index (χ1) is 8.61. The number of carbonyl (C=O) groups excluding carboxylic acids is 1. The summed E-state index contributed by atoms with van der Waals surface area (Å²) in [7, 11) is 0. The van der Waals surface area contributed by atoms with Gasteiger partial charge >= 0.3 is 57.4 Å². The first-order valence-electron chi connectivity index (χ1n) is 5.16. The van der Waals surface area contributed by atoms with Gasteiger partial charge in [0.1, 0.15) is 0 Å². The fourth-order valence-electron chi connectivity index (χ4n) is 1.15. The van der Waals surface area contributed by atoms with E-state index in [9.17, 15) is 14.7 Å². The molecule has 0 bridgehead atoms. The Labute approximate surface area is 153 Å². The van der Waals surface area contributed by atoms with Gasteiger partial charge in [0.2, 0.25) is 0 Å². The molecule has 0 spiro atoms. The van der Waals surface area contributed by atoms with E-state index in [4.69, 9.17) is 5.11 Å². The Bertz CT molecular complexity index is 462. The van der Waals surface area contributed by atoms with Gasteiger partial charge in [0.25, 0.3) is 0 Å². The Hall–Kier alpha value is -0.984. The van der Waals surface area contributed by atoms with Crippen molar-refractivity contribution in [3.63, 3.8) is 0 Å². The molecule has 0 radical (unpaired) electrons. The number of carbonyl (C=O) groups is 2. The molecule has 0 heterocycles. The fourth-order valence-corrected chi connectivity index (χ4v) is 1.15. The maximum absolute atomic E-state index is 10.2. The number of aromatic carboxylic acids is 2. The molecule has 0 fully saturated rings. The van der Waals surface area contributed by atoms with E-state index in [1.165, 1.54) is 12.1 Å². The van der Waals surface area contributed by atoms with Crippen molar-refractivity contribution in [3.05, 3.63) is 71.8 Å². The summed E-state index contributed by atoms with van der Waals surface area (Å²) >= 11 is 0. The molecule has 0 unspecified atom stereocenters. The van der Waals surface area contributed by atoms with Crippen LogP contribution in [0.5, 0.6) is 0 Å². The summed E-state index contributed by atoms with van der Waals surface area (Å²) in [6.07, 6.45) is 0. The van der Waals surface area contributed by atoms with E-state index in [0.717, 1.165) is 0 Å². The zero-order chi connectivity index (χ0) is 13.4. The number of hydrogen-bond donors (Lipinski definition) is 1. The van der Waals surface area contributed by atoms with Gasteiger partial charge in [0.05, 0.1) is 11.5 Å². The summed E-state index contributed by atoms with van der Waals surface area (Å²) in [5.74, 6) is -2.01. The van der Waals surface area contributed by atoms with Crippen molar-refractivity contribution in [1.29, 1.82) is 0 Å². The van der Waals surface area contributed by atoms with Crippen LogP contribution in [0.1, 0.15) is 20.7 Å². The maximum atomic E-state index is 10.2. The molecule has 0 aromatic heterocycles. The molecule has 0 aliphatic rings. The summed E-state index contributed by atoms with van der Waals surface area (Å²) in [6.45, 7) is 0. The third kappa shape index (κ3) is 7.24. The van der Waals surface area contributed by atoms with Crippen molar-refractivity contribution >= 4 is 11.9 Å². The predicted octanol–water partition coefficient (Wildman–Crippen LogP) is -1.56. The number of rotatable bonds is 2. The van der Waals surface area contributed by atoms with Crippen LogP contribution in [0, 0.1) is 0 Å². The molecule has 19 heavy (non-hydrogen) atoms. The van der Waals surface area contributed by atoms with Crippen LogP contribution in [0.3, 0.4) is 0 Å². The van der Waals surface area contributed by atoms with E-state index in [2.05, 4.69) is 0 Å². The number of carboxylic acids is 2. The van der Waals surface area contributed by atoms with E-state index in [0.29, 0.717) is 5.56 Å². The van der Waals surface area contributed by atoms with Crippen LogP contribution in [0.4, 0.5) is 0 Å². The van der Waals surface area contributed by atoms with E-state index < -0.39 is 11.9 Å². The van der Waals surface area contributed by atoms with Crippen LogP contribution in [-0.2, 0) is 0 Å². The van der Waals surface area contributed by atoms with Crippen molar-refractivity contribution < 1.29 is 71.2 Å². The van der Waals surface area contributed by atoms with Gasteiger partial charge in [0.15, 0.2) is 0 Å². The molecule has 4 nitrogen and oxygen atoms in total. The van der Waals surface area contributed by atoms with Crippen LogP contribution < -0.4 is 56.5 Å². The summed E-state index contributed by atoms with van der Waals surface area (Å²) in [4.78, 5) is 20.3. The maximum Gasteiger partial charge on any atom is 1.00 e. The molecule has 92 valence electrons. The number of carboxylic acid groups (broad SMARTS) is 2. The van der Waals surface area contributed by atoms with E-state index >= 15 is 0 Å².